The maximum absolute atomic E-state index is 4.43. The molecule has 4 heterocycles. The van der Waals surface area contributed by atoms with Gasteiger partial charge in [-0.1, -0.05) is 92.7 Å². The van der Waals surface area contributed by atoms with E-state index in [4.69, 9.17) is 0 Å². The van der Waals surface area contributed by atoms with Crippen LogP contribution in [0.2, 0.25) is 0 Å². The maximum atomic E-state index is 4.43. The Morgan fingerprint density at radius 3 is 1.94 bits per heavy atom. The van der Waals surface area contributed by atoms with Gasteiger partial charge in [-0.3, -0.25) is 9.97 Å². The summed E-state index contributed by atoms with van der Waals surface area (Å²) < 4.78 is 5.10. The standard InChI is InChI=1S/C50H38N4/c1-31-32(2)49-39(19-20-40-43-25-33(35-11-9-23-51-29-35)18-22-47(43)54(50(40)49)38-15-7-4-8-16-38)42-28-48-45(27-41(31)42)44-26-34(36-12-10-24-52-30-36)17-21-46(44)53(48)37-13-5-3-6-14-37/h3-15,17-32,38H,16H2,1-2H3. The lowest BCUT2D eigenvalue weighted by atomic mass is 9.72. The first kappa shape index (κ1) is 31.0. The fourth-order valence-corrected chi connectivity index (χ4v) is 9.46. The molecule has 11 rings (SSSR count). The van der Waals surface area contributed by atoms with Crippen LogP contribution in [0.25, 0.3) is 82.7 Å². The van der Waals surface area contributed by atoms with Gasteiger partial charge in [0.25, 0.3) is 0 Å². The van der Waals surface area contributed by atoms with E-state index in [1.54, 1.807) is 0 Å². The molecule has 0 radical (unpaired) electrons. The second kappa shape index (κ2) is 12.0. The molecule has 0 amide bonds. The highest BCUT2D eigenvalue weighted by Crippen LogP contribution is 2.53. The van der Waals surface area contributed by atoms with Crippen molar-refractivity contribution in [2.45, 2.75) is 38.1 Å². The Labute approximate surface area is 314 Å². The second-order valence-electron chi connectivity index (χ2n) is 15.1. The number of rotatable bonds is 4. The molecule has 3 atom stereocenters. The van der Waals surface area contributed by atoms with Crippen molar-refractivity contribution in [1.82, 2.24) is 19.1 Å². The van der Waals surface area contributed by atoms with Crippen LogP contribution in [0.3, 0.4) is 0 Å². The molecule has 0 fully saturated rings. The molecule has 2 aliphatic carbocycles. The predicted octanol–water partition coefficient (Wildman–Crippen LogP) is 13.0. The van der Waals surface area contributed by atoms with Gasteiger partial charge in [0, 0.05) is 68.7 Å². The minimum atomic E-state index is 0.242. The van der Waals surface area contributed by atoms with Crippen molar-refractivity contribution in [2.75, 3.05) is 0 Å². The van der Waals surface area contributed by atoms with Crippen molar-refractivity contribution < 1.29 is 0 Å². The molecule has 5 aromatic carbocycles. The van der Waals surface area contributed by atoms with Crippen molar-refractivity contribution in [3.8, 4) is 39.1 Å². The summed E-state index contributed by atoms with van der Waals surface area (Å²) in [6.45, 7) is 4.88. The molecule has 4 nitrogen and oxygen atoms in total. The first-order chi connectivity index (χ1) is 26.6. The van der Waals surface area contributed by atoms with Crippen LogP contribution in [0, 0.1) is 0 Å². The molecular formula is C50H38N4. The van der Waals surface area contributed by atoms with Crippen LogP contribution < -0.4 is 0 Å². The quantitative estimate of drug-likeness (QED) is 0.184. The zero-order valence-corrected chi connectivity index (χ0v) is 30.3. The third-order valence-electron chi connectivity index (χ3n) is 12.2. The molecule has 4 heteroatoms. The SMILES string of the molecule is CC1c2cc3c4cc(-c5cccnc5)ccc4n(-c4ccccc4)c3cc2-c2ccc3c4cc(-c5cccnc5)ccc4n(C4C=CC=CC4)c3c2C1C. The molecule has 54 heavy (non-hydrogen) atoms. The topological polar surface area (TPSA) is 35.6 Å². The number of nitrogens with zero attached hydrogens (tertiary/aromatic N) is 4. The van der Waals surface area contributed by atoms with Gasteiger partial charge in [-0.15, -0.1) is 0 Å². The molecule has 0 saturated heterocycles. The van der Waals surface area contributed by atoms with E-state index in [1.165, 1.54) is 82.7 Å². The minimum absolute atomic E-state index is 0.242. The summed E-state index contributed by atoms with van der Waals surface area (Å²) in [5, 5.41) is 5.17. The van der Waals surface area contributed by atoms with E-state index in [-0.39, 0.29) is 6.04 Å². The summed E-state index contributed by atoms with van der Waals surface area (Å²) in [5.41, 5.74) is 16.5. The van der Waals surface area contributed by atoms with Crippen LogP contribution in [0.5, 0.6) is 0 Å². The lowest BCUT2D eigenvalue weighted by Crippen LogP contribution is -2.16. The molecule has 2 aliphatic rings. The van der Waals surface area contributed by atoms with E-state index in [0.717, 1.165) is 17.5 Å². The second-order valence-corrected chi connectivity index (χ2v) is 15.1. The van der Waals surface area contributed by atoms with Crippen molar-refractivity contribution in [1.29, 1.82) is 0 Å². The lowest BCUT2D eigenvalue weighted by Gasteiger charge is -2.33. The number of para-hydroxylation sites is 1. The maximum Gasteiger partial charge on any atom is 0.0560 e. The molecule has 258 valence electrons. The number of benzene rings is 5. The third-order valence-corrected chi connectivity index (χ3v) is 12.2. The van der Waals surface area contributed by atoms with E-state index < -0.39 is 0 Å². The Bertz CT molecular complexity index is 2980. The molecule has 0 spiro atoms. The summed E-state index contributed by atoms with van der Waals surface area (Å²) in [7, 11) is 0. The highest BCUT2D eigenvalue weighted by Gasteiger charge is 2.33. The zero-order chi connectivity index (χ0) is 35.9. The molecular weight excluding hydrogens is 657 g/mol. The van der Waals surface area contributed by atoms with E-state index in [0.29, 0.717) is 11.8 Å². The van der Waals surface area contributed by atoms with Gasteiger partial charge in [-0.25, -0.2) is 0 Å². The van der Waals surface area contributed by atoms with Crippen LogP contribution in [-0.2, 0) is 0 Å². The fraction of sp³-hybridized carbons (Fsp3) is 0.120. The van der Waals surface area contributed by atoms with Gasteiger partial charge >= 0.3 is 0 Å². The summed E-state index contributed by atoms with van der Waals surface area (Å²) in [4.78, 5) is 8.86. The highest BCUT2D eigenvalue weighted by molar-refractivity contribution is 6.15. The third kappa shape index (κ3) is 4.56. The van der Waals surface area contributed by atoms with E-state index in [2.05, 4.69) is 160 Å². The van der Waals surface area contributed by atoms with Gasteiger partial charge in [0.15, 0.2) is 0 Å². The monoisotopic (exact) mass is 694 g/mol. The number of hydrogen-bond acceptors (Lipinski definition) is 2. The number of hydrogen-bond donors (Lipinski definition) is 0. The normalized spacial score (nSPS) is 17.8. The van der Waals surface area contributed by atoms with Gasteiger partial charge < -0.3 is 9.13 Å². The summed E-state index contributed by atoms with van der Waals surface area (Å²) in [6.07, 6.45) is 17.7. The Morgan fingerprint density at radius 1 is 0.556 bits per heavy atom. The molecule has 0 N–H and O–H groups in total. The average Bonchev–Trinajstić information content (AvgIpc) is 3.75. The molecule has 0 bridgehead atoms. The largest absolute Gasteiger partial charge is 0.333 e. The van der Waals surface area contributed by atoms with Crippen LogP contribution >= 0.6 is 0 Å². The van der Waals surface area contributed by atoms with Crippen molar-refractivity contribution in [3.63, 3.8) is 0 Å². The van der Waals surface area contributed by atoms with Crippen molar-refractivity contribution in [2.24, 2.45) is 0 Å². The van der Waals surface area contributed by atoms with Gasteiger partial charge in [-0.05, 0) is 112 Å². The Hall–Kier alpha value is -6.52. The summed E-state index contributed by atoms with van der Waals surface area (Å²) >= 11 is 0. The van der Waals surface area contributed by atoms with Crippen LogP contribution in [0.4, 0.5) is 0 Å². The van der Waals surface area contributed by atoms with Gasteiger partial charge in [0.05, 0.1) is 22.6 Å². The number of aromatic nitrogens is 4. The Morgan fingerprint density at radius 2 is 1.26 bits per heavy atom. The zero-order valence-electron chi connectivity index (χ0n) is 30.3. The van der Waals surface area contributed by atoms with E-state index in [9.17, 15) is 0 Å². The molecule has 9 aromatic rings. The van der Waals surface area contributed by atoms with Gasteiger partial charge in [0.1, 0.15) is 0 Å². The fourth-order valence-electron chi connectivity index (χ4n) is 9.46. The van der Waals surface area contributed by atoms with E-state index >= 15 is 0 Å². The molecule has 0 aliphatic heterocycles. The lowest BCUT2D eigenvalue weighted by molar-refractivity contribution is 0.607. The molecule has 3 unspecified atom stereocenters. The number of fused-ring (bicyclic) bond motifs is 10. The average molecular weight is 695 g/mol. The van der Waals surface area contributed by atoms with Gasteiger partial charge in [-0.2, -0.15) is 0 Å². The first-order valence-electron chi connectivity index (χ1n) is 19.1. The summed E-state index contributed by atoms with van der Waals surface area (Å²) in [6, 6.07) is 43.1. The Balaban J connectivity index is 1.21. The predicted molar refractivity (Wildman–Crippen MR) is 224 cm³/mol. The number of allylic oxidation sites excluding steroid dienone is 4. The first-order valence-corrected chi connectivity index (χ1v) is 19.1. The Kier molecular flexibility index (Phi) is 6.90. The highest BCUT2D eigenvalue weighted by atomic mass is 15.0. The summed E-state index contributed by atoms with van der Waals surface area (Å²) in [5.74, 6) is 0.629. The smallest absolute Gasteiger partial charge is 0.0560 e. The van der Waals surface area contributed by atoms with Gasteiger partial charge in [0.2, 0.25) is 0 Å². The van der Waals surface area contributed by atoms with E-state index in [1.807, 2.05) is 36.9 Å². The van der Waals surface area contributed by atoms with Crippen molar-refractivity contribution in [3.05, 3.63) is 175 Å². The van der Waals surface area contributed by atoms with Crippen molar-refractivity contribution >= 4 is 43.6 Å². The molecule has 4 aromatic heterocycles. The minimum Gasteiger partial charge on any atom is -0.333 e. The van der Waals surface area contributed by atoms with Crippen LogP contribution in [0.1, 0.15) is 49.3 Å². The van der Waals surface area contributed by atoms with Crippen LogP contribution in [-0.4, -0.2) is 19.1 Å². The number of pyridine rings is 2. The van der Waals surface area contributed by atoms with Crippen LogP contribution in [0.15, 0.2) is 164 Å². The molecule has 0 saturated carbocycles.